The Balaban J connectivity index is 1.56. The summed E-state index contributed by atoms with van der Waals surface area (Å²) in [5, 5.41) is 1.23. The molecule has 2 aliphatic heterocycles. The van der Waals surface area contributed by atoms with Gasteiger partial charge in [-0.2, -0.15) is 0 Å². The minimum Gasteiger partial charge on any atom is -0.353 e. The standard InChI is InChI=1S/C16H22N4O3S/c1-12-13(2)17-11-18-16(12)20-6-4-19(5-7-20)15(21)9-14-3-8-24(22,23)10-14/h3,8,11,14H,4-7,9-10H2,1-2H3/t14-/m1/s1. The Kier molecular flexibility index (Phi) is 4.58. The summed E-state index contributed by atoms with van der Waals surface area (Å²) in [4.78, 5) is 24.9. The molecule has 2 aliphatic rings. The maximum atomic E-state index is 12.4. The number of amides is 1. The molecule has 1 saturated heterocycles. The van der Waals surface area contributed by atoms with E-state index in [1.807, 2.05) is 18.7 Å². The number of hydrogen-bond acceptors (Lipinski definition) is 6. The smallest absolute Gasteiger partial charge is 0.223 e. The zero-order chi connectivity index (χ0) is 17.3. The van der Waals surface area contributed by atoms with Crippen molar-refractivity contribution in [1.29, 1.82) is 0 Å². The Hall–Kier alpha value is -1.96. The second kappa shape index (κ2) is 6.51. The first-order valence-electron chi connectivity index (χ1n) is 8.07. The fraction of sp³-hybridized carbons (Fsp3) is 0.562. The van der Waals surface area contributed by atoms with Crippen LogP contribution >= 0.6 is 0 Å². The molecule has 1 amide bonds. The number of hydrogen-bond donors (Lipinski definition) is 0. The van der Waals surface area contributed by atoms with Crippen molar-refractivity contribution in [2.24, 2.45) is 5.92 Å². The van der Waals surface area contributed by atoms with Gasteiger partial charge in [-0.05, 0) is 13.8 Å². The molecule has 1 atom stereocenters. The quantitative estimate of drug-likeness (QED) is 0.798. The van der Waals surface area contributed by atoms with Gasteiger partial charge in [0.15, 0.2) is 9.84 Å². The molecule has 0 aliphatic carbocycles. The van der Waals surface area contributed by atoms with Crippen molar-refractivity contribution in [2.45, 2.75) is 20.3 Å². The number of rotatable bonds is 3. The van der Waals surface area contributed by atoms with E-state index in [0.29, 0.717) is 13.1 Å². The molecule has 0 radical (unpaired) electrons. The number of aryl methyl sites for hydroxylation is 1. The van der Waals surface area contributed by atoms with Crippen LogP contribution in [0.3, 0.4) is 0 Å². The van der Waals surface area contributed by atoms with E-state index in [1.54, 1.807) is 12.4 Å². The normalized spacial score (nSPS) is 22.8. The minimum absolute atomic E-state index is 0.0250. The van der Waals surface area contributed by atoms with Gasteiger partial charge in [-0.25, -0.2) is 18.4 Å². The Morgan fingerprint density at radius 2 is 1.92 bits per heavy atom. The van der Waals surface area contributed by atoms with Crippen LogP contribution in [0, 0.1) is 19.8 Å². The van der Waals surface area contributed by atoms with Crippen LogP contribution in [0.2, 0.25) is 0 Å². The maximum absolute atomic E-state index is 12.4. The van der Waals surface area contributed by atoms with Crippen molar-refractivity contribution in [1.82, 2.24) is 14.9 Å². The first-order chi connectivity index (χ1) is 11.4. The minimum atomic E-state index is -3.10. The molecule has 24 heavy (non-hydrogen) atoms. The molecule has 3 heterocycles. The van der Waals surface area contributed by atoms with E-state index in [2.05, 4.69) is 14.9 Å². The van der Waals surface area contributed by atoms with E-state index in [0.717, 1.165) is 30.2 Å². The van der Waals surface area contributed by atoms with E-state index < -0.39 is 9.84 Å². The van der Waals surface area contributed by atoms with Gasteiger partial charge in [0.2, 0.25) is 5.91 Å². The first-order valence-corrected chi connectivity index (χ1v) is 9.79. The summed E-state index contributed by atoms with van der Waals surface area (Å²) in [6.07, 6.45) is 3.47. The molecule has 1 aromatic rings. The lowest BCUT2D eigenvalue weighted by Gasteiger charge is -2.36. The number of allylic oxidation sites excluding steroid dienone is 1. The van der Waals surface area contributed by atoms with Gasteiger partial charge in [0, 0.05) is 55.2 Å². The zero-order valence-electron chi connectivity index (χ0n) is 14.0. The molecule has 0 saturated carbocycles. The highest BCUT2D eigenvalue weighted by molar-refractivity contribution is 7.94. The van der Waals surface area contributed by atoms with Gasteiger partial charge < -0.3 is 9.80 Å². The SMILES string of the molecule is Cc1ncnc(N2CCN(C(=O)C[C@H]3C=CS(=O)(=O)C3)CC2)c1C. The average molecular weight is 350 g/mol. The molecule has 1 aromatic heterocycles. The largest absolute Gasteiger partial charge is 0.353 e. The number of anilines is 1. The second-order valence-corrected chi connectivity index (χ2v) is 8.33. The van der Waals surface area contributed by atoms with Crippen LogP contribution in [0.15, 0.2) is 17.8 Å². The Morgan fingerprint density at radius 1 is 1.21 bits per heavy atom. The van der Waals surface area contributed by atoms with E-state index in [-0.39, 0.29) is 24.0 Å². The molecule has 3 rings (SSSR count). The topological polar surface area (TPSA) is 83.5 Å². The summed E-state index contributed by atoms with van der Waals surface area (Å²) >= 11 is 0. The monoisotopic (exact) mass is 350 g/mol. The van der Waals surface area contributed by atoms with E-state index >= 15 is 0 Å². The van der Waals surface area contributed by atoms with Crippen molar-refractivity contribution in [2.75, 3.05) is 36.8 Å². The molecular weight excluding hydrogens is 328 g/mol. The summed E-state index contributed by atoms with van der Waals surface area (Å²) in [5.74, 6) is 0.821. The highest BCUT2D eigenvalue weighted by Gasteiger charge is 2.28. The molecule has 0 spiro atoms. The predicted octanol–water partition coefficient (Wildman–Crippen LogP) is 0.690. The van der Waals surface area contributed by atoms with Crippen LogP contribution in [0.1, 0.15) is 17.7 Å². The van der Waals surface area contributed by atoms with E-state index in [1.165, 1.54) is 5.41 Å². The van der Waals surface area contributed by atoms with Crippen molar-refractivity contribution >= 4 is 21.6 Å². The number of carbonyl (C=O) groups excluding carboxylic acids is 1. The summed E-state index contributed by atoms with van der Waals surface area (Å²) < 4.78 is 22.9. The summed E-state index contributed by atoms with van der Waals surface area (Å²) in [7, 11) is -3.10. The third-order valence-corrected chi connectivity index (χ3v) is 6.15. The van der Waals surface area contributed by atoms with Crippen molar-refractivity contribution < 1.29 is 13.2 Å². The molecule has 0 unspecified atom stereocenters. The van der Waals surface area contributed by atoms with Gasteiger partial charge in [0.25, 0.3) is 0 Å². The number of piperazine rings is 1. The maximum Gasteiger partial charge on any atom is 0.223 e. The van der Waals surface area contributed by atoms with Gasteiger partial charge in [0.05, 0.1) is 5.75 Å². The molecule has 0 N–H and O–H groups in total. The third kappa shape index (κ3) is 3.58. The zero-order valence-corrected chi connectivity index (χ0v) is 14.8. The highest BCUT2D eigenvalue weighted by Crippen LogP contribution is 2.22. The fourth-order valence-electron chi connectivity index (χ4n) is 3.13. The highest BCUT2D eigenvalue weighted by atomic mass is 32.2. The van der Waals surface area contributed by atoms with Gasteiger partial charge in [-0.1, -0.05) is 6.08 Å². The molecular formula is C16H22N4O3S. The van der Waals surface area contributed by atoms with Crippen molar-refractivity contribution in [3.05, 3.63) is 29.1 Å². The van der Waals surface area contributed by atoms with Crippen molar-refractivity contribution in [3.8, 4) is 0 Å². The van der Waals surface area contributed by atoms with Crippen LogP contribution in [0.25, 0.3) is 0 Å². The summed E-state index contributed by atoms with van der Waals surface area (Å²) in [6, 6.07) is 0. The van der Waals surface area contributed by atoms with Crippen LogP contribution < -0.4 is 4.90 Å². The van der Waals surface area contributed by atoms with Crippen molar-refractivity contribution in [3.63, 3.8) is 0 Å². The van der Waals surface area contributed by atoms with Gasteiger partial charge in [-0.3, -0.25) is 4.79 Å². The van der Waals surface area contributed by atoms with Crippen LogP contribution in [-0.4, -0.2) is 61.1 Å². The molecule has 7 nitrogen and oxygen atoms in total. The van der Waals surface area contributed by atoms with Crippen LogP contribution in [-0.2, 0) is 14.6 Å². The first kappa shape index (κ1) is 16.9. The number of carbonyl (C=O) groups is 1. The van der Waals surface area contributed by atoms with Crippen LogP contribution in [0.5, 0.6) is 0 Å². The lowest BCUT2D eigenvalue weighted by atomic mass is 10.1. The van der Waals surface area contributed by atoms with E-state index in [9.17, 15) is 13.2 Å². The third-order valence-electron chi connectivity index (χ3n) is 4.68. The lowest BCUT2D eigenvalue weighted by Crippen LogP contribution is -2.49. The Labute approximate surface area is 142 Å². The molecule has 1 fully saturated rings. The fourth-order valence-corrected chi connectivity index (χ4v) is 4.53. The van der Waals surface area contributed by atoms with E-state index in [4.69, 9.17) is 0 Å². The molecule has 0 bridgehead atoms. The van der Waals surface area contributed by atoms with Crippen LogP contribution in [0.4, 0.5) is 5.82 Å². The second-order valence-electron chi connectivity index (χ2n) is 6.40. The lowest BCUT2D eigenvalue weighted by molar-refractivity contribution is -0.132. The van der Waals surface area contributed by atoms with Gasteiger partial charge in [-0.15, -0.1) is 0 Å². The molecule has 8 heteroatoms. The summed E-state index contributed by atoms with van der Waals surface area (Å²) in [6.45, 7) is 6.68. The molecule has 130 valence electrons. The number of nitrogens with zero attached hydrogens (tertiary/aromatic N) is 4. The summed E-state index contributed by atoms with van der Waals surface area (Å²) in [5.41, 5.74) is 2.03. The Bertz CT molecular complexity index is 768. The number of sulfone groups is 1. The number of aromatic nitrogens is 2. The van der Waals surface area contributed by atoms with Gasteiger partial charge in [0.1, 0.15) is 12.1 Å². The molecule has 0 aromatic carbocycles. The van der Waals surface area contributed by atoms with Gasteiger partial charge >= 0.3 is 0 Å². The Morgan fingerprint density at radius 3 is 2.54 bits per heavy atom. The predicted molar refractivity (Wildman–Crippen MR) is 91.3 cm³/mol. The average Bonchev–Trinajstić information content (AvgIpc) is 2.89.